The van der Waals surface area contributed by atoms with Crippen molar-refractivity contribution in [3.8, 4) is 16.9 Å². The van der Waals surface area contributed by atoms with Gasteiger partial charge in [-0.3, -0.25) is 20.2 Å². The molecular formula is C19H12BrN5O3S. The zero-order valence-electron chi connectivity index (χ0n) is 14.7. The van der Waals surface area contributed by atoms with E-state index in [0.29, 0.717) is 10.8 Å². The lowest BCUT2D eigenvalue weighted by Crippen LogP contribution is -2.12. The number of nitro groups is 1. The molecule has 0 aliphatic carbocycles. The summed E-state index contributed by atoms with van der Waals surface area (Å²) in [6, 6.07) is 12.0. The number of halogens is 1. The van der Waals surface area contributed by atoms with Crippen molar-refractivity contribution in [2.75, 3.05) is 5.32 Å². The minimum atomic E-state index is -0.527. The smallest absolute Gasteiger partial charge is 0.294 e. The van der Waals surface area contributed by atoms with E-state index < -0.39 is 10.8 Å². The van der Waals surface area contributed by atoms with Crippen LogP contribution in [0.3, 0.4) is 0 Å². The molecule has 0 unspecified atom stereocenters. The average molecular weight is 470 g/mol. The normalized spacial score (nSPS) is 10.7. The van der Waals surface area contributed by atoms with Crippen LogP contribution in [0.25, 0.3) is 16.9 Å². The van der Waals surface area contributed by atoms with Crippen molar-refractivity contribution < 1.29 is 9.72 Å². The van der Waals surface area contributed by atoms with E-state index in [0.717, 1.165) is 15.7 Å². The van der Waals surface area contributed by atoms with Gasteiger partial charge >= 0.3 is 0 Å². The lowest BCUT2D eigenvalue weighted by atomic mass is 10.1. The molecule has 0 spiro atoms. The molecule has 0 aliphatic heterocycles. The van der Waals surface area contributed by atoms with Gasteiger partial charge in [0.25, 0.3) is 11.6 Å². The second kappa shape index (κ2) is 7.94. The number of nitro benzene ring substituents is 1. The molecule has 0 aliphatic rings. The van der Waals surface area contributed by atoms with Gasteiger partial charge in [-0.1, -0.05) is 28.1 Å². The molecule has 2 heterocycles. The summed E-state index contributed by atoms with van der Waals surface area (Å²) in [5, 5.41) is 16.4. The first-order chi connectivity index (χ1) is 14.0. The molecule has 2 aromatic carbocycles. The Labute approximate surface area is 177 Å². The summed E-state index contributed by atoms with van der Waals surface area (Å²) in [6.07, 6.45) is 4.58. The van der Waals surface area contributed by atoms with Gasteiger partial charge in [-0.15, -0.1) is 11.3 Å². The molecule has 0 saturated carbocycles. The quantitative estimate of drug-likeness (QED) is 0.330. The second-order valence-electron chi connectivity index (χ2n) is 5.93. The first-order valence-electron chi connectivity index (χ1n) is 8.31. The Morgan fingerprint density at radius 2 is 2.10 bits per heavy atom. The number of hydrogen-bond donors (Lipinski definition) is 1. The predicted octanol–water partition coefficient (Wildman–Crippen LogP) is 4.92. The van der Waals surface area contributed by atoms with E-state index in [2.05, 4.69) is 31.2 Å². The van der Waals surface area contributed by atoms with Gasteiger partial charge < -0.3 is 4.57 Å². The summed E-state index contributed by atoms with van der Waals surface area (Å²) < 4.78 is 2.45. The van der Waals surface area contributed by atoms with Gasteiger partial charge in [0.2, 0.25) is 0 Å². The first-order valence-corrected chi connectivity index (χ1v) is 9.98. The number of nitrogens with zero attached hydrogens (tertiary/aromatic N) is 4. The molecule has 0 fully saturated rings. The molecule has 0 radical (unpaired) electrons. The summed E-state index contributed by atoms with van der Waals surface area (Å²) in [5.74, 6) is -0.472. The Morgan fingerprint density at radius 3 is 2.83 bits per heavy atom. The van der Waals surface area contributed by atoms with Crippen LogP contribution in [0.1, 0.15) is 10.4 Å². The molecular weight excluding hydrogens is 458 g/mol. The number of aromatic nitrogens is 3. The Hall–Kier alpha value is -3.37. The predicted molar refractivity (Wildman–Crippen MR) is 113 cm³/mol. The van der Waals surface area contributed by atoms with Crippen molar-refractivity contribution in [1.29, 1.82) is 0 Å². The van der Waals surface area contributed by atoms with E-state index in [-0.39, 0.29) is 11.3 Å². The Morgan fingerprint density at radius 1 is 1.24 bits per heavy atom. The number of carbonyl (C=O) groups is 1. The third-order valence-corrected chi connectivity index (χ3v) is 5.31. The number of rotatable bonds is 5. The van der Waals surface area contributed by atoms with E-state index in [1.54, 1.807) is 6.20 Å². The maximum Gasteiger partial charge on any atom is 0.294 e. The van der Waals surface area contributed by atoms with Gasteiger partial charge in [-0.2, -0.15) is 0 Å². The van der Waals surface area contributed by atoms with Crippen LogP contribution in [-0.4, -0.2) is 25.4 Å². The largest absolute Gasteiger partial charge is 0.300 e. The van der Waals surface area contributed by atoms with E-state index in [9.17, 15) is 14.9 Å². The highest BCUT2D eigenvalue weighted by atomic mass is 79.9. The first kappa shape index (κ1) is 19.0. The van der Waals surface area contributed by atoms with Crippen LogP contribution in [0.4, 0.5) is 10.8 Å². The highest BCUT2D eigenvalue weighted by molar-refractivity contribution is 9.10. The number of imidazole rings is 1. The SMILES string of the molecule is O=C(Nc1nc(-c2cccc(Br)c2)cs1)c1ccc(-n2ccnc2)c([N+](=O)[O-])c1. The Balaban J connectivity index is 1.58. The Kier molecular flexibility index (Phi) is 5.19. The summed E-state index contributed by atoms with van der Waals surface area (Å²) in [6.45, 7) is 0. The fourth-order valence-corrected chi connectivity index (χ4v) is 3.83. The highest BCUT2D eigenvalue weighted by Gasteiger charge is 2.19. The molecule has 2 aromatic heterocycles. The zero-order chi connectivity index (χ0) is 20.4. The van der Waals surface area contributed by atoms with E-state index in [4.69, 9.17) is 0 Å². The summed E-state index contributed by atoms with van der Waals surface area (Å²) in [4.78, 5) is 31.8. The Bertz CT molecular complexity index is 1210. The standard InChI is InChI=1S/C19H12BrN5O3S/c20-14-3-1-2-12(8-14)15-10-29-19(22-15)23-18(26)13-4-5-16(17(9-13)25(27)28)24-7-6-21-11-24/h1-11H,(H,22,23,26). The number of thiazole rings is 1. The lowest BCUT2D eigenvalue weighted by molar-refractivity contribution is -0.384. The molecule has 29 heavy (non-hydrogen) atoms. The third-order valence-electron chi connectivity index (χ3n) is 4.06. The molecule has 1 N–H and O–H groups in total. The minimum absolute atomic E-state index is 0.166. The molecule has 0 bridgehead atoms. The number of amides is 1. The summed E-state index contributed by atoms with van der Waals surface area (Å²) >= 11 is 4.70. The summed E-state index contributed by atoms with van der Waals surface area (Å²) in [5.41, 5.74) is 1.95. The monoisotopic (exact) mass is 469 g/mol. The van der Waals surface area contributed by atoms with E-state index in [1.165, 1.54) is 46.6 Å². The van der Waals surface area contributed by atoms with Crippen LogP contribution in [0.5, 0.6) is 0 Å². The van der Waals surface area contributed by atoms with Crippen LogP contribution in [0.2, 0.25) is 0 Å². The number of nitrogens with one attached hydrogen (secondary N) is 1. The van der Waals surface area contributed by atoms with Gasteiger partial charge in [0.05, 0.1) is 16.9 Å². The van der Waals surface area contributed by atoms with Gasteiger partial charge in [0.1, 0.15) is 5.69 Å². The van der Waals surface area contributed by atoms with Crippen LogP contribution in [-0.2, 0) is 0 Å². The zero-order valence-corrected chi connectivity index (χ0v) is 17.1. The van der Waals surface area contributed by atoms with Crippen molar-refractivity contribution in [1.82, 2.24) is 14.5 Å². The molecule has 4 aromatic rings. The minimum Gasteiger partial charge on any atom is -0.300 e. The van der Waals surface area contributed by atoms with Crippen molar-refractivity contribution in [3.05, 3.63) is 86.7 Å². The van der Waals surface area contributed by atoms with E-state index >= 15 is 0 Å². The highest BCUT2D eigenvalue weighted by Crippen LogP contribution is 2.28. The average Bonchev–Trinajstić information content (AvgIpc) is 3.40. The molecule has 0 atom stereocenters. The van der Waals surface area contributed by atoms with Gasteiger partial charge in [-0.05, 0) is 24.3 Å². The second-order valence-corrected chi connectivity index (χ2v) is 7.71. The van der Waals surface area contributed by atoms with Crippen molar-refractivity contribution in [2.45, 2.75) is 0 Å². The molecule has 4 rings (SSSR count). The van der Waals surface area contributed by atoms with Crippen LogP contribution >= 0.6 is 27.3 Å². The van der Waals surface area contributed by atoms with Crippen molar-refractivity contribution in [2.24, 2.45) is 0 Å². The molecule has 0 saturated heterocycles. The molecule has 8 nitrogen and oxygen atoms in total. The number of carbonyl (C=O) groups excluding carboxylic acids is 1. The molecule has 144 valence electrons. The van der Waals surface area contributed by atoms with Gasteiger partial charge in [0, 0.05) is 39.4 Å². The third kappa shape index (κ3) is 4.08. The fraction of sp³-hybridized carbons (Fsp3) is 0. The van der Waals surface area contributed by atoms with Gasteiger partial charge in [-0.25, -0.2) is 9.97 Å². The fourth-order valence-electron chi connectivity index (χ4n) is 2.71. The van der Waals surface area contributed by atoms with Crippen LogP contribution in [0, 0.1) is 10.1 Å². The summed E-state index contributed by atoms with van der Waals surface area (Å²) in [7, 11) is 0. The van der Waals surface area contributed by atoms with Crippen LogP contribution < -0.4 is 5.32 Å². The number of hydrogen-bond acceptors (Lipinski definition) is 6. The topological polar surface area (TPSA) is 103 Å². The lowest BCUT2D eigenvalue weighted by Gasteiger charge is -2.06. The van der Waals surface area contributed by atoms with Crippen LogP contribution in [0.15, 0.2) is 71.0 Å². The van der Waals surface area contributed by atoms with Gasteiger partial charge in [0.15, 0.2) is 5.13 Å². The molecule has 10 heteroatoms. The maximum atomic E-state index is 12.6. The number of benzene rings is 2. The maximum absolute atomic E-state index is 12.6. The number of anilines is 1. The van der Waals surface area contributed by atoms with Crippen molar-refractivity contribution in [3.63, 3.8) is 0 Å². The van der Waals surface area contributed by atoms with Crippen molar-refractivity contribution >= 4 is 44.0 Å². The van der Waals surface area contributed by atoms with E-state index in [1.807, 2.05) is 29.6 Å². The molecule has 1 amide bonds.